The van der Waals surface area contributed by atoms with E-state index in [0.717, 1.165) is 52.9 Å². The van der Waals surface area contributed by atoms with Crippen molar-refractivity contribution in [1.29, 1.82) is 0 Å². The van der Waals surface area contributed by atoms with Gasteiger partial charge in [0, 0.05) is 53.6 Å². The zero-order chi connectivity index (χ0) is 18.4. The summed E-state index contributed by atoms with van der Waals surface area (Å²) in [6.07, 6.45) is 1.21. The lowest BCUT2D eigenvalue weighted by Gasteiger charge is -2.28. The number of fused-ring (bicyclic) bond motifs is 2. The van der Waals surface area contributed by atoms with Gasteiger partial charge in [-0.1, -0.05) is 35.5 Å². The number of amides is 1. The summed E-state index contributed by atoms with van der Waals surface area (Å²) in [5.41, 5.74) is 5.12. The highest BCUT2D eigenvalue weighted by atomic mass is 35.5. The van der Waals surface area contributed by atoms with Crippen LogP contribution >= 0.6 is 23.4 Å². The number of benzene rings is 1. The Morgan fingerprint density at radius 2 is 2.26 bits per heavy atom. The lowest BCUT2D eigenvalue weighted by molar-refractivity contribution is -0.131. The number of thioether (sulfide) groups is 1. The van der Waals surface area contributed by atoms with E-state index in [0.29, 0.717) is 24.5 Å². The molecule has 0 atom stereocenters. The van der Waals surface area contributed by atoms with E-state index in [2.05, 4.69) is 25.5 Å². The van der Waals surface area contributed by atoms with E-state index in [1.165, 1.54) is 0 Å². The molecule has 3 aliphatic heterocycles. The highest BCUT2D eigenvalue weighted by molar-refractivity contribution is 8.16. The first-order chi connectivity index (χ1) is 13.2. The first-order valence-corrected chi connectivity index (χ1v) is 10.2. The molecule has 0 aliphatic carbocycles. The SMILES string of the molecule is O=C(CC1=CSC2=NCCN12)N1CCc2[nH]nc(-c3cccc(Cl)c3)c2C1. The fourth-order valence-electron chi connectivity index (χ4n) is 3.76. The molecule has 1 aromatic carbocycles. The summed E-state index contributed by atoms with van der Waals surface area (Å²) in [5.74, 6) is 0.152. The van der Waals surface area contributed by atoms with Crippen molar-refractivity contribution < 1.29 is 4.79 Å². The second-order valence-electron chi connectivity index (χ2n) is 6.82. The Morgan fingerprint density at radius 3 is 3.15 bits per heavy atom. The van der Waals surface area contributed by atoms with Gasteiger partial charge in [0.1, 0.15) is 0 Å². The molecule has 8 heteroatoms. The molecule has 6 nitrogen and oxygen atoms in total. The first-order valence-electron chi connectivity index (χ1n) is 8.96. The van der Waals surface area contributed by atoms with Gasteiger partial charge in [-0.15, -0.1) is 0 Å². The van der Waals surface area contributed by atoms with Gasteiger partial charge < -0.3 is 9.80 Å². The van der Waals surface area contributed by atoms with Crippen molar-refractivity contribution in [2.75, 3.05) is 19.6 Å². The van der Waals surface area contributed by atoms with E-state index in [1.807, 2.05) is 29.2 Å². The number of rotatable bonds is 3. The predicted octanol–water partition coefficient (Wildman–Crippen LogP) is 3.26. The monoisotopic (exact) mass is 399 g/mol. The van der Waals surface area contributed by atoms with Crippen molar-refractivity contribution in [1.82, 2.24) is 20.0 Å². The molecule has 2 aromatic rings. The minimum absolute atomic E-state index is 0.152. The average molecular weight is 400 g/mol. The number of aromatic nitrogens is 2. The van der Waals surface area contributed by atoms with Gasteiger partial charge in [0.05, 0.1) is 18.7 Å². The first kappa shape index (κ1) is 16.9. The normalized spacial score (nSPS) is 18.3. The molecule has 0 spiro atoms. The van der Waals surface area contributed by atoms with Crippen molar-refractivity contribution >= 4 is 34.4 Å². The Labute approximate surface area is 166 Å². The van der Waals surface area contributed by atoms with Crippen LogP contribution in [0.25, 0.3) is 11.3 Å². The van der Waals surface area contributed by atoms with Crippen LogP contribution in [-0.4, -0.2) is 50.7 Å². The molecule has 138 valence electrons. The minimum Gasteiger partial charge on any atom is -0.337 e. The third-order valence-corrected chi connectivity index (χ3v) is 6.35. The third-order valence-electron chi connectivity index (χ3n) is 5.17. The number of hydrogen-bond acceptors (Lipinski definition) is 5. The predicted molar refractivity (Wildman–Crippen MR) is 107 cm³/mol. The molecule has 0 unspecified atom stereocenters. The highest BCUT2D eigenvalue weighted by Gasteiger charge is 2.31. The lowest BCUT2D eigenvalue weighted by Crippen LogP contribution is -2.37. The van der Waals surface area contributed by atoms with Crippen LogP contribution in [0.1, 0.15) is 17.7 Å². The van der Waals surface area contributed by atoms with Crippen LogP contribution in [0.2, 0.25) is 5.02 Å². The number of carbonyl (C=O) groups is 1. The number of aliphatic imine (C=N–C) groups is 1. The summed E-state index contributed by atoms with van der Waals surface area (Å²) >= 11 is 7.75. The second kappa shape index (κ2) is 6.73. The van der Waals surface area contributed by atoms with Gasteiger partial charge in [0.15, 0.2) is 5.17 Å². The molecule has 27 heavy (non-hydrogen) atoms. The summed E-state index contributed by atoms with van der Waals surface area (Å²) in [4.78, 5) is 21.5. The number of amidine groups is 1. The van der Waals surface area contributed by atoms with E-state index in [-0.39, 0.29) is 5.91 Å². The van der Waals surface area contributed by atoms with Gasteiger partial charge in [0.25, 0.3) is 0 Å². The molecule has 0 radical (unpaired) electrons. The lowest BCUT2D eigenvalue weighted by atomic mass is 10.0. The van der Waals surface area contributed by atoms with Crippen LogP contribution in [-0.2, 0) is 17.8 Å². The highest BCUT2D eigenvalue weighted by Crippen LogP contribution is 2.33. The van der Waals surface area contributed by atoms with Crippen LogP contribution in [0, 0.1) is 0 Å². The molecule has 0 saturated carbocycles. The van der Waals surface area contributed by atoms with Gasteiger partial charge >= 0.3 is 0 Å². The standard InChI is InChI=1S/C19H18ClN5OS/c20-13-3-1-2-12(8-13)18-15-10-24(6-4-16(15)22-23-18)17(26)9-14-11-27-19-21-5-7-25(14)19/h1-3,8,11H,4-7,9-10H2,(H,22,23). The van der Waals surface area contributed by atoms with Gasteiger partial charge in [0.2, 0.25) is 5.91 Å². The fraction of sp³-hybridized carbons (Fsp3) is 0.316. The smallest absolute Gasteiger partial charge is 0.228 e. The molecular formula is C19H18ClN5OS. The van der Waals surface area contributed by atoms with Crippen molar-refractivity contribution in [3.8, 4) is 11.3 Å². The summed E-state index contributed by atoms with van der Waals surface area (Å²) in [6, 6.07) is 7.68. The Bertz CT molecular complexity index is 982. The van der Waals surface area contributed by atoms with Gasteiger partial charge in [-0.2, -0.15) is 5.10 Å². The van der Waals surface area contributed by atoms with Gasteiger partial charge in [-0.3, -0.25) is 14.9 Å². The fourth-order valence-corrected chi connectivity index (χ4v) is 4.91. The molecule has 0 saturated heterocycles. The average Bonchev–Trinajstić information content (AvgIpc) is 3.37. The van der Waals surface area contributed by atoms with Crippen LogP contribution in [0.5, 0.6) is 0 Å². The summed E-state index contributed by atoms with van der Waals surface area (Å²) in [6.45, 7) is 2.99. The maximum atomic E-state index is 12.9. The molecule has 3 aliphatic rings. The number of halogens is 1. The summed E-state index contributed by atoms with van der Waals surface area (Å²) in [5, 5.41) is 11.4. The topological polar surface area (TPSA) is 64.6 Å². The van der Waals surface area contributed by atoms with Crippen molar-refractivity contribution in [2.45, 2.75) is 19.4 Å². The van der Waals surface area contributed by atoms with Crippen LogP contribution in [0.15, 0.2) is 40.4 Å². The van der Waals surface area contributed by atoms with E-state index in [9.17, 15) is 4.79 Å². The van der Waals surface area contributed by atoms with E-state index >= 15 is 0 Å². The molecule has 1 amide bonds. The molecule has 1 aromatic heterocycles. The molecular weight excluding hydrogens is 382 g/mol. The van der Waals surface area contributed by atoms with Crippen LogP contribution < -0.4 is 0 Å². The molecule has 1 N–H and O–H groups in total. The van der Waals surface area contributed by atoms with Crippen molar-refractivity contribution in [3.63, 3.8) is 0 Å². The van der Waals surface area contributed by atoms with E-state index in [1.54, 1.807) is 11.8 Å². The Hall–Kier alpha value is -2.25. The van der Waals surface area contributed by atoms with Crippen LogP contribution in [0.3, 0.4) is 0 Å². The number of aromatic amines is 1. The Morgan fingerprint density at radius 1 is 1.33 bits per heavy atom. The number of hydrogen-bond donors (Lipinski definition) is 1. The summed E-state index contributed by atoms with van der Waals surface area (Å²) < 4.78 is 0. The zero-order valence-corrected chi connectivity index (χ0v) is 16.2. The Balaban J connectivity index is 1.34. The van der Waals surface area contributed by atoms with E-state index < -0.39 is 0 Å². The van der Waals surface area contributed by atoms with Gasteiger partial charge in [-0.25, -0.2) is 0 Å². The molecule has 0 bridgehead atoms. The van der Waals surface area contributed by atoms with Crippen LogP contribution in [0.4, 0.5) is 0 Å². The molecule has 0 fully saturated rings. The zero-order valence-electron chi connectivity index (χ0n) is 14.6. The largest absolute Gasteiger partial charge is 0.337 e. The maximum absolute atomic E-state index is 12.9. The van der Waals surface area contributed by atoms with Crippen molar-refractivity contribution in [3.05, 3.63) is 51.7 Å². The third kappa shape index (κ3) is 3.04. The molecule has 5 rings (SSSR count). The second-order valence-corrected chi connectivity index (χ2v) is 8.10. The quantitative estimate of drug-likeness (QED) is 0.860. The molecule has 4 heterocycles. The summed E-state index contributed by atoms with van der Waals surface area (Å²) in [7, 11) is 0. The maximum Gasteiger partial charge on any atom is 0.228 e. The number of carbonyl (C=O) groups excluding carboxylic acids is 1. The van der Waals surface area contributed by atoms with Crippen molar-refractivity contribution in [2.24, 2.45) is 4.99 Å². The number of nitrogens with zero attached hydrogens (tertiary/aromatic N) is 4. The number of H-pyrrole nitrogens is 1. The number of nitrogens with one attached hydrogen (secondary N) is 1. The minimum atomic E-state index is 0.152. The van der Waals surface area contributed by atoms with E-state index in [4.69, 9.17) is 11.6 Å². The van der Waals surface area contributed by atoms with Gasteiger partial charge in [-0.05, 0) is 17.5 Å². The Kier molecular flexibility index (Phi) is 4.21.